The summed E-state index contributed by atoms with van der Waals surface area (Å²) in [6.45, 7) is 4.89. The van der Waals surface area contributed by atoms with Gasteiger partial charge in [-0.05, 0) is 19.3 Å². The van der Waals surface area contributed by atoms with E-state index in [9.17, 15) is 19.4 Å². The van der Waals surface area contributed by atoms with Gasteiger partial charge < -0.3 is 19.8 Å². The van der Waals surface area contributed by atoms with Gasteiger partial charge in [-0.2, -0.15) is 0 Å². The largest absolute Gasteiger partial charge is 0.472 e. The van der Waals surface area contributed by atoms with Gasteiger partial charge >= 0.3 is 7.82 Å². The summed E-state index contributed by atoms with van der Waals surface area (Å²) in [5.41, 5.74) is 0. The summed E-state index contributed by atoms with van der Waals surface area (Å²) < 4.78 is 23.8. The molecule has 8 nitrogen and oxygen atoms in total. The summed E-state index contributed by atoms with van der Waals surface area (Å²) in [5.74, 6) is -0.166. The summed E-state index contributed by atoms with van der Waals surface area (Å²) in [5, 5.41) is 14.0. The number of nitrogens with one attached hydrogen (secondary N) is 1. The predicted octanol–water partition coefficient (Wildman–Crippen LogP) is 24.1. The minimum atomic E-state index is -4.35. The number of aliphatic hydroxyl groups is 1. The van der Waals surface area contributed by atoms with Crippen molar-refractivity contribution in [1.82, 2.24) is 5.32 Å². The average Bonchev–Trinajstić information content (AvgIpc) is 3.49. The number of carbonyl (C=O) groups excluding carboxylic acids is 1. The van der Waals surface area contributed by atoms with Gasteiger partial charge in [-0.25, -0.2) is 4.57 Å². The average molecular weight is 1190 g/mol. The Balaban J connectivity index is 3.88. The number of rotatable bonds is 71. The van der Waals surface area contributed by atoms with E-state index < -0.39 is 20.0 Å². The molecular formula is C74H150N2O6P+. The summed E-state index contributed by atoms with van der Waals surface area (Å²) in [7, 11) is 1.60. The van der Waals surface area contributed by atoms with Crippen LogP contribution in [0, 0.1) is 0 Å². The first-order valence-corrected chi connectivity index (χ1v) is 39.1. The first kappa shape index (κ1) is 82.2. The van der Waals surface area contributed by atoms with Crippen LogP contribution in [-0.4, -0.2) is 73.4 Å². The van der Waals surface area contributed by atoms with Gasteiger partial charge in [0, 0.05) is 6.42 Å². The Hall–Kier alpha value is -0.760. The number of nitrogens with zero attached hydrogens (tertiary/aromatic N) is 1. The van der Waals surface area contributed by atoms with E-state index in [1.807, 2.05) is 27.2 Å². The number of carbonyl (C=O) groups is 1. The minimum Gasteiger partial charge on any atom is -0.387 e. The number of amides is 1. The van der Waals surface area contributed by atoms with Crippen molar-refractivity contribution in [3.63, 3.8) is 0 Å². The van der Waals surface area contributed by atoms with Gasteiger partial charge in [0.25, 0.3) is 0 Å². The number of phosphoric ester groups is 1. The molecule has 0 bridgehead atoms. The highest BCUT2D eigenvalue weighted by Crippen LogP contribution is 2.43. The standard InChI is InChI=1S/C74H149N2O6P/c1-6-8-10-12-14-16-18-20-22-24-26-28-29-30-31-32-33-34-35-36-37-38-39-40-41-42-43-44-45-46-48-50-52-54-56-58-60-62-64-66-68-74(78)75-72(71-82-83(79,80)81-70-69-76(3,4)5)73(77)67-65-63-61-59-57-55-53-51-49-47-27-25-23-21-19-17-15-13-11-9-7-2/h65,67,72-73,77H,6-64,66,68-71H2,1-5H3,(H-,75,78,79,80)/p+1/b67-65+. The highest BCUT2D eigenvalue weighted by atomic mass is 31.2. The molecule has 0 spiro atoms. The van der Waals surface area contributed by atoms with Gasteiger partial charge in [-0.3, -0.25) is 13.8 Å². The molecule has 3 unspecified atom stereocenters. The van der Waals surface area contributed by atoms with Crippen LogP contribution < -0.4 is 5.32 Å². The van der Waals surface area contributed by atoms with Crippen LogP contribution in [0.4, 0.5) is 0 Å². The maximum absolute atomic E-state index is 13.1. The smallest absolute Gasteiger partial charge is 0.387 e. The third-order valence-corrected chi connectivity index (χ3v) is 18.7. The quantitative estimate of drug-likeness (QED) is 0.0243. The zero-order chi connectivity index (χ0) is 60.5. The van der Waals surface area contributed by atoms with Crippen LogP contribution in [-0.2, 0) is 18.4 Å². The van der Waals surface area contributed by atoms with E-state index in [4.69, 9.17) is 9.05 Å². The minimum absolute atomic E-state index is 0.0655. The van der Waals surface area contributed by atoms with Gasteiger partial charge in [0.1, 0.15) is 13.2 Å². The van der Waals surface area contributed by atoms with Crippen LogP contribution in [0.3, 0.4) is 0 Å². The maximum Gasteiger partial charge on any atom is 0.472 e. The second-order valence-corrected chi connectivity index (χ2v) is 28.8. The van der Waals surface area contributed by atoms with Crippen LogP contribution in [0.5, 0.6) is 0 Å². The van der Waals surface area contributed by atoms with Crippen molar-refractivity contribution >= 4 is 13.7 Å². The molecular weight excluding hydrogens is 1040 g/mol. The van der Waals surface area contributed by atoms with Crippen molar-refractivity contribution in [1.29, 1.82) is 0 Å². The summed E-state index contributed by atoms with van der Waals surface area (Å²) in [6.07, 6.45) is 85.4. The van der Waals surface area contributed by atoms with Crippen LogP contribution in [0.15, 0.2) is 12.2 Å². The Labute approximate surface area is 520 Å². The van der Waals surface area contributed by atoms with Gasteiger partial charge in [-0.1, -0.05) is 392 Å². The molecule has 0 heterocycles. The Morgan fingerprint density at radius 3 is 0.892 bits per heavy atom. The van der Waals surface area contributed by atoms with E-state index in [1.165, 1.54) is 353 Å². The van der Waals surface area contributed by atoms with Crippen LogP contribution in [0.1, 0.15) is 406 Å². The first-order chi connectivity index (χ1) is 40.5. The number of unbranched alkanes of at least 4 members (excludes halogenated alkanes) is 58. The Bertz CT molecular complexity index is 1360. The molecule has 0 aliphatic rings. The van der Waals surface area contributed by atoms with Gasteiger partial charge in [0.05, 0.1) is 39.9 Å². The zero-order valence-electron chi connectivity index (χ0n) is 57.0. The summed E-state index contributed by atoms with van der Waals surface area (Å²) in [4.78, 5) is 23.4. The molecule has 0 radical (unpaired) electrons. The van der Waals surface area contributed by atoms with Crippen molar-refractivity contribution in [3.8, 4) is 0 Å². The van der Waals surface area contributed by atoms with Crippen LogP contribution in [0.2, 0.25) is 0 Å². The summed E-state index contributed by atoms with van der Waals surface area (Å²) in [6, 6.07) is -0.844. The first-order valence-electron chi connectivity index (χ1n) is 37.6. The topological polar surface area (TPSA) is 105 Å². The molecule has 0 aliphatic carbocycles. The van der Waals surface area contributed by atoms with E-state index in [0.717, 1.165) is 32.1 Å². The lowest BCUT2D eigenvalue weighted by Gasteiger charge is -2.25. The number of aliphatic hydroxyl groups excluding tert-OH is 1. The van der Waals surface area contributed by atoms with Crippen molar-refractivity contribution in [2.45, 2.75) is 418 Å². The molecule has 83 heavy (non-hydrogen) atoms. The van der Waals surface area contributed by atoms with E-state index in [1.54, 1.807) is 6.08 Å². The normalized spacial score (nSPS) is 13.6. The monoisotopic (exact) mass is 1190 g/mol. The van der Waals surface area contributed by atoms with Gasteiger partial charge in [0.15, 0.2) is 0 Å². The molecule has 9 heteroatoms. The highest BCUT2D eigenvalue weighted by Gasteiger charge is 2.28. The third-order valence-electron chi connectivity index (χ3n) is 17.8. The number of allylic oxidation sites excluding steroid dienone is 1. The zero-order valence-corrected chi connectivity index (χ0v) is 57.9. The Morgan fingerprint density at radius 2 is 0.639 bits per heavy atom. The lowest BCUT2D eigenvalue weighted by molar-refractivity contribution is -0.870. The molecule has 0 aromatic heterocycles. The molecule has 3 N–H and O–H groups in total. The number of likely N-dealkylation sites (N-methyl/N-ethyl adjacent to an activating group) is 1. The second-order valence-electron chi connectivity index (χ2n) is 27.4. The molecule has 3 atom stereocenters. The molecule has 0 rings (SSSR count). The van der Waals surface area contributed by atoms with Crippen LogP contribution >= 0.6 is 7.82 Å². The molecule has 0 aromatic rings. The predicted molar refractivity (Wildman–Crippen MR) is 365 cm³/mol. The number of hydrogen-bond donors (Lipinski definition) is 3. The van der Waals surface area contributed by atoms with Gasteiger partial charge in [0.2, 0.25) is 5.91 Å². The lowest BCUT2D eigenvalue weighted by Crippen LogP contribution is -2.45. The van der Waals surface area contributed by atoms with Crippen molar-refractivity contribution in [2.24, 2.45) is 0 Å². The molecule has 496 valence electrons. The Kier molecular flexibility index (Phi) is 65.1. The molecule has 0 saturated heterocycles. The number of quaternary nitrogens is 1. The SMILES string of the molecule is CCCCCCCCCCCCCCCCCCCCC/C=C/C(O)C(COP(=O)(O)OCC[N+](C)(C)C)NC(=O)CCCCCCCCCCCCCCCCCCCCCCCCCCCCCCCCCCCCCCCCCC. The molecule has 0 aromatic carbocycles. The molecule has 1 amide bonds. The van der Waals surface area contributed by atoms with Crippen molar-refractivity contribution in [3.05, 3.63) is 12.2 Å². The lowest BCUT2D eigenvalue weighted by atomic mass is 10.0. The van der Waals surface area contributed by atoms with E-state index in [0.29, 0.717) is 17.4 Å². The van der Waals surface area contributed by atoms with Crippen LogP contribution in [0.25, 0.3) is 0 Å². The van der Waals surface area contributed by atoms with E-state index in [2.05, 4.69) is 19.2 Å². The van der Waals surface area contributed by atoms with E-state index in [-0.39, 0.29) is 19.1 Å². The second kappa shape index (κ2) is 65.7. The third kappa shape index (κ3) is 68.6. The number of phosphoric acid groups is 1. The van der Waals surface area contributed by atoms with Crippen molar-refractivity contribution in [2.75, 3.05) is 40.9 Å². The fourth-order valence-electron chi connectivity index (χ4n) is 11.9. The maximum atomic E-state index is 13.1. The number of hydrogen-bond acceptors (Lipinski definition) is 5. The highest BCUT2D eigenvalue weighted by molar-refractivity contribution is 7.47. The van der Waals surface area contributed by atoms with Gasteiger partial charge in [-0.15, -0.1) is 0 Å². The van der Waals surface area contributed by atoms with Crippen molar-refractivity contribution < 1.29 is 32.9 Å². The van der Waals surface area contributed by atoms with E-state index >= 15 is 0 Å². The fraction of sp³-hybridized carbons (Fsp3) is 0.959. The fourth-order valence-corrected chi connectivity index (χ4v) is 12.7. The molecule has 0 saturated carbocycles. The summed E-state index contributed by atoms with van der Waals surface area (Å²) >= 11 is 0. The Morgan fingerprint density at radius 1 is 0.398 bits per heavy atom. The molecule has 0 fully saturated rings. The molecule has 0 aliphatic heterocycles.